The van der Waals surface area contributed by atoms with Crippen molar-refractivity contribution in [1.29, 1.82) is 0 Å². The van der Waals surface area contributed by atoms with Crippen molar-refractivity contribution in [2.75, 3.05) is 6.61 Å². The lowest BCUT2D eigenvalue weighted by molar-refractivity contribution is -0.137. The van der Waals surface area contributed by atoms with Gasteiger partial charge in [-0.25, -0.2) is 0 Å². The molecule has 1 N–H and O–H groups in total. The summed E-state index contributed by atoms with van der Waals surface area (Å²) in [6, 6.07) is 12.4. The molecule has 3 heteroatoms. The lowest BCUT2D eigenvalue weighted by Gasteiger charge is -2.08. The molecular formula is C17H20O3. The standard InChI is InChI=1S/C17H20O3/c1-13-6-5-7-14-12-15(9-10-16(13)14)20-11-4-2-3-8-17(18)19/h5-7,9-10,12H,2-4,8,11H2,1H3,(H,18,19). The molecule has 20 heavy (non-hydrogen) atoms. The van der Waals surface area contributed by atoms with Crippen molar-refractivity contribution >= 4 is 16.7 Å². The Balaban J connectivity index is 1.83. The Morgan fingerprint density at radius 2 is 2.00 bits per heavy atom. The summed E-state index contributed by atoms with van der Waals surface area (Å²) >= 11 is 0. The number of rotatable bonds is 7. The quantitative estimate of drug-likeness (QED) is 0.769. The van der Waals surface area contributed by atoms with Gasteiger partial charge in [-0.15, -0.1) is 0 Å². The summed E-state index contributed by atoms with van der Waals surface area (Å²) in [7, 11) is 0. The van der Waals surface area contributed by atoms with Gasteiger partial charge in [-0.1, -0.05) is 24.3 Å². The fourth-order valence-corrected chi connectivity index (χ4v) is 2.26. The van der Waals surface area contributed by atoms with E-state index in [1.54, 1.807) is 0 Å². The molecule has 0 bridgehead atoms. The van der Waals surface area contributed by atoms with Crippen LogP contribution in [0, 0.1) is 6.92 Å². The van der Waals surface area contributed by atoms with Crippen molar-refractivity contribution < 1.29 is 14.6 Å². The number of carboxylic acid groups (broad SMARTS) is 1. The summed E-state index contributed by atoms with van der Waals surface area (Å²) in [4.78, 5) is 10.4. The van der Waals surface area contributed by atoms with Gasteiger partial charge in [-0.3, -0.25) is 4.79 Å². The van der Waals surface area contributed by atoms with Crippen molar-refractivity contribution in [3.8, 4) is 5.75 Å². The molecule has 106 valence electrons. The number of benzene rings is 2. The highest BCUT2D eigenvalue weighted by atomic mass is 16.5. The Labute approximate surface area is 119 Å². The first-order valence-electron chi connectivity index (χ1n) is 7.01. The molecule has 0 fully saturated rings. The largest absolute Gasteiger partial charge is 0.494 e. The number of ether oxygens (including phenoxy) is 1. The Hall–Kier alpha value is -2.03. The molecule has 0 aliphatic heterocycles. The molecule has 0 radical (unpaired) electrons. The van der Waals surface area contributed by atoms with E-state index in [9.17, 15) is 4.79 Å². The summed E-state index contributed by atoms with van der Waals surface area (Å²) in [5.74, 6) is 0.150. The van der Waals surface area contributed by atoms with E-state index in [4.69, 9.17) is 9.84 Å². The van der Waals surface area contributed by atoms with Crippen LogP contribution in [0.1, 0.15) is 31.2 Å². The van der Waals surface area contributed by atoms with Gasteiger partial charge >= 0.3 is 5.97 Å². The molecule has 0 spiro atoms. The van der Waals surface area contributed by atoms with Gasteiger partial charge in [0.15, 0.2) is 0 Å². The minimum atomic E-state index is -0.726. The smallest absolute Gasteiger partial charge is 0.303 e. The van der Waals surface area contributed by atoms with Crippen molar-refractivity contribution in [2.24, 2.45) is 0 Å². The van der Waals surface area contributed by atoms with Crippen LogP contribution in [0.3, 0.4) is 0 Å². The predicted molar refractivity (Wildman–Crippen MR) is 80.3 cm³/mol. The topological polar surface area (TPSA) is 46.5 Å². The Kier molecular flexibility index (Phi) is 4.99. The van der Waals surface area contributed by atoms with Gasteiger partial charge in [-0.05, 0) is 54.7 Å². The number of carbonyl (C=O) groups is 1. The van der Waals surface area contributed by atoms with Crippen LogP contribution in [0.4, 0.5) is 0 Å². The third kappa shape index (κ3) is 3.98. The molecule has 0 unspecified atom stereocenters. The van der Waals surface area contributed by atoms with Gasteiger partial charge in [0.2, 0.25) is 0 Å². The number of carboxylic acids is 1. The average molecular weight is 272 g/mol. The second kappa shape index (κ2) is 6.94. The van der Waals surface area contributed by atoms with Crippen LogP contribution < -0.4 is 4.74 Å². The van der Waals surface area contributed by atoms with Crippen LogP contribution >= 0.6 is 0 Å². The van der Waals surface area contributed by atoms with E-state index in [0.29, 0.717) is 6.61 Å². The zero-order valence-electron chi connectivity index (χ0n) is 11.8. The molecule has 0 saturated carbocycles. The molecule has 2 rings (SSSR count). The van der Waals surface area contributed by atoms with Crippen molar-refractivity contribution in [2.45, 2.75) is 32.6 Å². The maximum absolute atomic E-state index is 10.4. The Bertz CT molecular complexity index is 590. The minimum absolute atomic E-state index is 0.245. The SMILES string of the molecule is Cc1cccc2cc(OCCCCCC(=O)O)ccc12. The summed E-state index contributed by atoms with van der Waals surface area (Å²) in [6.45, 7) is 2.74. The van der Waals surface area contributed by atoms with E-state index in [1.807, 2.05) is 12.1 Å². The van der Waals surface area contributed by atoms with E-state index in [0.717, 1.165) is 25.0 Å². The fourth-order valence-electron chi connectivity index (χ4n) is 2.26. The third-order valence-electron chi connectivity index (χ3n) is 3.37. The highest BCUT2D eigenvalue weighted by Crippen LogP contribution is 2.23. The molecule has 2 aromatic carbocycles. The van der Waals surface area contributed by atoms with E-state index in [1.165, 1.54) is 16.3 Å². The van der Waals surface area contributed by atoms with Crippen LogP contribution in [0.5, 0.6) is 5.75 Å². The fraction of sp³-hybridized carbons (Fsp3) is 0.353. The number of hydrogen-bond acceptors (Lipinski definition) is 2. The molecule has 0 aliphatic carbocycles. The lowest BCUT2D eigenvalue weighted by atomic mass is 10.1. The average Bonchev–Trinajstić information content (AvgIpc) is 2.42. The normalized spacial score (nSPS) is 10.7. The third-order valence-corrected chi connectivity index (χ3v) is 3.37. The second-order valence-corrected chi connectivity index (χ2v) is 5.01. The number of hydrogen-bond donors (Lipinski definition) is 1. The number of fused-ring (bicyclic) bond motifs is 1. The first kappa shape index (κ1) is 14.4. The molecule has 0 aromatic heterocycles. The van der Waals surface area contributed by atoms with Gasteiger partial charge in [0, 0.05) is 6.42 Å². The van der Waals surface area contributed by atoms with Crippen LogP contribution in [-0.2, 0) is 4.79 Å². The molecule has 0 amide bonds. The van der Waals surface area contributed by atoms with Crippen molar-refractivity contribution in [3.63, 3.8) is 0 Å². The van der Waals surface area contributed by atoms with E-state index in [2.05, 4.69) is 31.2 Å². The summed E-state index contributed by atoms with van der Waals surface area (Å²) in [5.41, 5.74) is 1.27. The monoisotopic (exact) mass is 272 g/mol. The molecule has 3 nitrogen and oxygen atoms in total. The van der Waals surface area contributed by atoms with Gasteiger partial charge in [0.05, 0.1) is 6.61 Å². The predicted octanol–water partition coefficient (Wildman–Crippen LogP) is 4.17. The van der Waals surface area contributed by atoms with E-state index in [-0.39, 0.29) is 6.42 Å². The van der Waals surface area contributed by atoms with E-state index < -0.39 is 5.97 Å². The van der Waals surface area contributed by atoms with Crippen LogP contribution in [0.25, 0.3) is 10.8 Å². The maximum Gasteiger partial charge on any atom is 0.303 e. The maximum atomic E-state index is 10.4. The first-order valence-corrected chi connectivity index (χ1v) is 7.01. The van der Waals surface area contributed by atoms with Crippen LogP contribution in [0.15, 0.2) is 36.4 Å². The molecule has 2 aromatic rings. The Morgan fingerprint density at radius 1 is 1.15 bits per heavy atom. The molecule has 0 atom stereocenters. The van der Waals surface area contributed by atoms with Gasteiger partial charge in [-0.2, -0.15) is 0 Å². The minimum Gasteiger partial charge on any atom is -0.494 e. The molecule has 0 heterocycles. The highest BCUT2D eigenvalue weighted by molar-refractivity contribution is 5.86. The van der Waals surface area contributed by atoms with Crippen LogP contribution in [0.2, 0.25) is 0 Å². The van der Waals surface area contributed by atoms with Crippen molar-refractivity contribution in [1.82, 2.24) is 0 Å². The summed E-state index contributed by atoms with van der Waals surface area (Å²) in [6.07, 6.45) is 2.74. The zero-order valence-corrected chi connectivity index (χ0v) is 11.8. The zero-order chi connectivity index (χ0) is 14.4. The second-order valence-electron chi connectivity index (χ2n) is 5.01. The van der Waals surface area contributed by atoms with Gasteiger partial charge < -0.3 is 9.84 Å². The van der Waals surface area contributed by atoms with Gasteiger partial charge in [0.25, 0.3) is 0 Å². The van der Waals surface area contributed by atoms with Crippen molar-refractivity contribution in [3.05, 3.63) is 42.0 Å². The molecule has 0 aliphatic rings. The number of aryl methyl sites for hydroxylation is 1. The number of unbranched alkanes of at least 4 members (excludes halogenated alkanes) is 2. The lowest BCUT2D eigenvalue weighted by Crippen LogP contribution is -1.99. The number of aliphatic carboxylic acids is 1. The molecule has 0 saturated heterocycles. The van der Waals surface area contributed by atoms with E-state index >= 15 is 0 Å². The Morgan fingerprint density at radius 3 is 2.80 bits per heavy atom. The van der Waals surface area contributed by atoms with Crippen LogP contribution in [-0.4, -0.2) is 17.7 Å². The molecular weight excluding hydrogens is 252 g/mol. The highest BCUT2D eigenvalue weighted by Gasteiger charge is 2.00. The first-order chi connectivity index (χ1) is 9.66. The summed E-state index contributed by atoms with van der Waals surface area (Å²) in [5, 5.41) is 11.0. The van der Waals surface area contributed by atoms with Gasteiger partial charge in [0.1, 0.15) is 5.75 Å². The summed E-state index contributed by atoms with van der Waals surface area (Å²) < 4.78 is 5.71.